The number of ether oxygens (including phenoxy) is 2. The van der Waals surface area contributed by atoms with Gasteiger partial charge in [-0.05, 0) is 87.5 Å². The van der Waals surface area contributed by atoms with Crippen LogP contribution in [0.25, 0.3) is 0 Å². The van der Waals surface area contributed by atoms with Gasteiger partial charge < -0.3 is 15.2 Å². The van der Waals surface area contributed by atoms with E-state index in [1.165, 1.54) is 18.4 Å². The lowest BCUT2D eigenvalue weighted by Gasteiger charge is -2.45. The predicted molar refractivity (Wildman–Crippen MR) is 120 cm³/mol. The number of benzene rings is 1. The van der Waals surface area contributed by atoms with Gasteiger partial charge in [0.15, 0.2) is 11.5 Å². The third kappa shape index (κ3) is 3.09. The Labute approximate surface area is 185 Å². The molecule has 2 saturated carbocycles. The molecule has 31 heavy (non-hydrogen) atoms. The number of amides is 1. The number of hydrogen-bond donors (Lipinski definition) is 1. The lowest BCUT2D eigenvalue weighted by molar-refractivity contribution is -0.139. The van der Waals surface area contributed by atoms with Gasteiger partial charge in [0, 0.05) is 18.6 Å². The number of carbonyl (C=O) groups is 1. The van der Waals surface area contributed by atoms with E-state index in [9.17, 15) is 4.79 Å². The monoisotopic (exact) mass is 425 g/mol. The lowest BCUT2D eigenvalue weighted by atomic mass is 9.61. The molecular formula is C25H35N3O3. The summed E-state index contributed by atoms with van der Waals surface area (Å²) in [5, 5.41) is 0. The van der Waals surface area contributed by atoms with Gasteiger partial charge in [-0.15, -0.1) is 0 Å². The smallest absolute Gasteiger partial charge is 0.262 e. The van der Waals surface area contributed by atoms with Crippen LogP contribution in [0.3, 0.4) is 0 Å². The standard InChI is InChI=1S/C25H35N3O3/c1-4-16(2)28-22(29)25(27-23(28)26)21-13-20(31-15-17-5-6-17)8-7-18(21)14-24(25)11-9-19(30-3)10-12-24/h7-8,13,16-17,19H,4-6,9-12,14-15H2,1-3H3,(H2,26,27). The van der Waals surface area contributed by atoms with Crippen molar-refractivity contribution < 1.29 is 14.3 Å². The molecule has 168 valence electrons. The normalized spacial score (nSPS) is 33.1. The molecule has 0 bridgehead atoms. The highest BCUT2D eigenvalue weighted by Gasteiger charge is 2.67. The van der Waals surface area contributed by atoms with Crippen molar-refractivity contribution >= 4 is 11.9 Å². The SMILES string of the molecule is CCC(C)N1C(=O)C2(N=C1N)c1cc(OCC3CC3)ccc1CC21CCC(OC)CC1. The highest BCUT2D eigenvalue weighted by Crippen LogP contribution is 2.62. The minimum atomic E-state index is -0.937. The van der Waals surface area contributed by atoms with Gasteiger partial charge >= 0.3 is 0 Å². The van der Waals surface area contributed by atoms with Crippen LogP contribution in [0.15, 0.2) is 23.2 Å². The highest BCUT2D eigenvalue weighted by molar-refractivity contribution is 6.08. The molecule has 1 aromatic rings. The molecule has 2 fully saturated rings. The number of carbonyl (C=O) groups excluding carboxylic acids is 1. The molecule has 1 aromatic carbocycles. The Morgan fingerprint density at radius 2 is 2.00 bits per heavy atom. The second-order valence-electron chi connectivity index (χ2n) is 10.1. The summed E-state index contributed by atoms with van der Waals surface area (Å²) in [6, 6.07) is 6.33. The van der Waals surface area contributed by atoms with Crippen LogP contribution in [0.4, 0.5) is 0 Å². The number of methoxy groups -OCH3 is 1. The number of fused-ring (bicyclic) bond motifs is 3. The average molecular weight is 426 g/mol. The summed E-state index contributed by atoms with van der Waals surface area (Å²) in [6.07, 6.45) is 8.18. The molecule has 1 amide bonds. The molecule has 2 unspecified atom stereocenters. The molecule has 3 aliphatic carbocycles. The van der Waals surface area contributed by atoms with Crippen molar-refractivity contribution in [3.8, 4) is 5.75 Å². The van der Waals surface area contributed by atoms with Crippen LogP contribution in [-0.2, 0) is 21.5 Å². The summed E-state index contributed by atoms with van der Waals surface area (Å²) in [6.45, 7) is 4.89. The molecule has 2 atom stereocenters. The molecule has 2 N–H and O–H groups in total. The number of nitrogens with zero attached hydrogens (tertiary/aromatic N) is 2. The Morgan fingerprint density at radius 1 is 1.26 bits per heavy atom. The summed E-state index contributed by atoms with van der Waals surface area (Å²) in [5.41, 5.74) is 7.48. The minimum absolute atomic E-state index is 0.0290. The van der Waals surface area contributed by atoms with Gasteiger partial charge in [-0.25, -0.2) is 4.99 Å². The van der Waals surface area contributed by atoms with E-state index in [-0.39, 0.29) is 23.5 Å². The number of aliphatic imine (C=N–C) groups is 1. The van der Waals surface area contributed by atoms with E-state index >= 15 is 0 Å². The Balaban J connectivity index is 1.58. The first-order chi connectivity index (χ1) is 14.9. The first-order valence-electron chi connectivity index (χ1n) is 11.9. The number of nitrogens with two attached hydrogens (primary N) is 1. The van der Waals surface area contributed by atoms with Crippen LogP contribution in [0.1, 0.15) is 69.9 Å². The molecule has 0 radical (unpaired) electrons. The Morgan fingerprint density at radius 3 is 2.65 bits per heavy atom. The van der Waals surface area contributed by atoms with Crippen molar-refractivity contribution in [3.05, 3.63) is 29.3 Å². The molecule has 1 heterocycles. The van der Waals surface area contributed by atoms with Crippen molar-refractivity contribution in [2.45, 2.75) is 82.9 Å². The Bertz CT molecular complexity index is 901. The maximum Gasteiger partial charge on any atom is 0.262 e. The van der Waals surface area contributed by atoms with Crippen LogP contribution in [0, 0.1) is 11.3 Å². The zero-order valence-electron chi connectivity index (χ0n) is 19.0. The molecule has 5 rings (SSSR count). The fraction of sp³-hybridized carbons (Fsp3) is 0.680. The molecule has 0 aromatic heterocycles. The van der Waals surface area contributed by atoms with E-state index in [0.29, 0.717) is 11.9 Å². The van der Waals surface area contributed by atoms with Gasteiger partial charge in [0.05, 0.1) is 12.7 Å². The van der Waals surface area contributed by atoms with Gasteiger partial charge in [-0.2, -0.15) is 0 Å². The van der Waals surface area contributed by atoms with Gasteiger partial charge in [0.25, 0.3) is 5.91 Å². The van der Waals surface area contributed by atoms with Gasteiger partial charge in [-0.1, -0.05) is 13.0 Å². The van der Waals surface area contributed by atoms with E-state index in [2.05, 4.69) is 32.0 Å². The van der Waals surface area contributed by atoms with Crippen LogP contribution < -0.4 is 10.5 Å². The molecule has 6 nitrogen and oxygen atoms in total. The zero-order valence-corrected chi connectivity index (χ0v) is 19.0. The molecule has 2 spiro atoms. The van der Waals surface area contributed by atoms with Gasteiger partial charge in [0.2, 0.25) is 0 Å². The second kappa shape index (κ2) is 7.51. The number of rotatable bonds is 6. The fourth-order valence-corrected chi connectivity index (χ4v) is 6.01. The summed E-state index contributed by atoms with van der Waals surface area (Å²) < 4.78 is 11.8. The van der Waals surface area contributed by atoms with Crippen molar-refractivity contribution in [3.63, 3.8) is 0 Å². The van der Waals surface area contributed by atoms with Crippen LogP contribution >= 0.6 is 0 Å². The largest absolute Gasteiger partial charge is 0.493 e. The quantitative estimate of drug-likeness (QED) is 0.753. The van der Waals surface area contributed by atoms with Gasteiger partial charge in [-0.3, -0.25) is 9.69 Å². The first-order valence-corrected chi connectivity index (χ1v) is 11.9. The average Bonchev–Trinajstić information content (AvgIpc) is 3.52. The van der Waals surface area contributed by atoms with Crippen molar-refractivity contribution in [2.24, 2.45) is 22.1 Å². The van der Waals surface area contributed by atoms with Crippen molar-refractivity contribution in [1.29, 1.82) is 0 Å². The zero-order chi connectivity index (χ0) is 21.8. The van der Waals surface area contributed by atoms with Gasteiger partial charge in [0.1, 0.15) is 5.75 Å². The highest BCUT2D eigenvalue weighted by atomic mass is 16.5. The minimum Gasteiger partial charge on any atom is -0.493 e. The lowest BCUT2D eigenvalue weighted by Crippen LogP contribution is -2.53. The molecule has 6 heteroatoms. The Kier molecular flexibility index (Phi) is 5.04. The summed E-state index contributed by atoms with van der Waals surface area (Å²) in [5.74, 6) is 1.94. The van der Waals surface area contributed by atoms with Crippen LogP contribution in [0.2, 0.25) is 0 Å². The van der Waals surface area contributed by atoms with Crippen molar-refractivity contribution in [1.82, 2.24) is 4.90 Å². The Hall–Kier alpha value is -2.08. The predicted octanol–water partition coefficient (Wildman–Crippen LogP) is 3.76. The van der Waals surface area contributed by atoms with E-state index < -0.39 is 5.54 Å². The van der Waals surface area contributed by atoms with E-state index in [0.717, 1.165) is 56.4 Å². The summed E-state index contributed by atoms with van der Waals surface area (Å²) >= 11 is 0. The number of guanidine groups is 1. The third-order valence-electron chi connectivity index (χ3n) is 8.26. The topological polar surface area (TPSA) is 77.2 Å². The third-order valence-corrected chi connectivity index (χ3v) is 8.26. The second-order valence-corrected chi connectivity index (χ2v) is 10.1. The fourth-order valence-electron chi connectivity index (χ4n) is 6.01. The van der Waals surface area contributed by atoms with E-state index in [1.54, 1.807) is 12.0 Å². The molecular weight excluding hydrogens is 390 g/mol. The number of hydrogen-bond acceptors (Lipinski definition) is 5. The molecule has 0 saturated heterocycles. The molecule has 4 aliphatic rings. The summed E-state index contributed by atoms with van der Waals surface area (Å²) in [7, 11) is 1.78. The van der Waals surface area contributed by atoms with Crippen LogP contribution in [0.5, 0.6) is 5.75 Å². The maximum atomic E-state index is 14.2. The first kappa shape index (κ1) is 20.8. The van der Waals surface area contributed by atoms with E-state index in [1.807, 2.05) is 0 Å². The van der Waals surface area contributed by atoms with Crippen molar-refractivity contribution in [2.75, 3.05) is 13.7 Å². The van der Waals surface area contributed by atoms with Crippen LogP contribution in [-0.4, -0.2) is 42.6 Å². The maximum absolute atomic E-state index is 14.2. The van der Waals surface area contributed by atoms with E-state index in [4.69, 9.17) is 20.2 Å². The molecule has 1 aliphatic heterocycles. The summed E-state index contributed by atoms with van der Waals surface area (Å²) in [4.78, 5) is 21.0.